The Hall–Kier alpha value is -2.13. The molecular formula is C16H22F4N6O3S2. The van der Waals surface area contributed by atoms with E-state index in [2.05, 4.69) is 20.1 Å². The SMILES string of the molecule is CN(SOc1cn(C)nc1C(F)F)C(F)(F)C1CCN(C(=O)Nc2ccon2)CC1.S. The van der Waals surface area contributed by atoms with Crippen molar-refractivity contribution in [1.29, 1.82) is 0 Å². The molecule has 3 rings (SSSR count). The predicted octanol–water partition coefficient (Wildman–Crippen LogP) is 3.87. The number of carbonyl (C=O) groups is 1. The molecule has 0 unspecified atom stereocenters. The van der Waals surface area contributed by atoms with E-state index in [1.165, 1.54) is 30.5 Å². The highest BCUT2D eigenvalue weighted by Crippen LogP contribution is 2.40. The van der Waals surface area contributed by atoms with Crippen LogP contribution in [-0.2, 0) is 7.05 Å². The highest BCUT2D eigenvalue weighted by atomic mass is 32.2. The summed E-state index contributed by atoms with van der Waals surface area (Å²) < 4.78 is 66.9. The molecule has 9 nitrogen and oxygen atoms in total. The van der Waals surface area contributed by atoms with Crippen LogP contribution in [0.4, 0.5) is 28.2 Å². The third-order valence-electron chi connectivity index (χ3n) is 4.63. The average molecular weight is 487 g/mol. The van der Waals surface area contributed by atoms with Gasteiger partial charge in [-0.25, -0.2) is 13.6 Å². The smallest absolute Gasteiger partial charge is 0.323 e. The molecule has 3 heterocycles. The molecule has 1 N–H and O–H groups in total. The third kappa shape index (κ3) is 5.98. The normalized spacial score (nSPS) is 15.3. The van der Waals surface area contributed by atoms with E-state index in [-0.39, 0.29) is 63.2 Å². The Labute approximate surface area is 186 Å². The monoisotopic (exact) mass is 486 g/mol. The highest BCUT2D eigenvalue weighted by Gasteiger charge is 2.46. The first-order chi connectivity index (χ1) is 14.2. The van der Waals surface area contributed by atoms with Gasteiger partial charge in [0.05, 0.1) is 6.20 Å². The van der Waals surface area contributed by atoms with Gasteiger partial charge in [0.25, 0.3) is 6.43 Å². The van der Waals surface area contributed by atoms with E-state index < -0.39 is 30.1 Å². The van der Waals surface area contributed by atoms with Gasteiger partial charge in [0.15, 0.2) is 29.5 Å². The molecule has 2 aromatic rings. The van der Waals surface area contributed by atoms with Crippen LogP contribution in [0.2, 0.25) is 0 Å². The molecule has 0 saturated carbocycles. The van der Waals surface area contributed by atoms with E-state index in [4.69, 9.17) is 4.18 Å². The molecule has 0 aromatic carbocycles. The Balaban J connectivity index is 0.00000341. The number of alkyl halides is 4. The Bertz CT molecular complexity index is 847. The van der Waals surface area contributed by atoms with Gasteiger partial charge in [-0.3, -0.25) is 10.00 Å². The molecule has 1 fully saturated rings. The van der Waals surface area contributed by atoms with Gasteiger partial charge in [-0.15, -0.1) is 0 Å². The third-order valence-corrected chi connectivity index (χ3v) is 5.35. The highest BCUT2D eigenvalue weighted by molar-refractivity contribution is 7.92. The van der Waals surface area contributed by atoms with Crippen LogP contribution < -0.4 is 9.50 Å². The maximum Gasteiger partial charge on any atom is 0.323 e. The number of piperidine rings is 1. The van der Waals surface area contributed by atoms with Crippen LogP contribution in [0.1, 0.15) is 25.0 Å². The molecular weight excluding hydrogens is 464 g/mol. The second-order valence-electron chi connectivity index (χ2n) is 6.67. The van der Waals surface area contributed by atoms with Gasteiger partial charge >= 0.3 is 12.1 Å². The molecule has 0 spiro atoms. The van der Waals surface area contributed by atoms with E-state index in [0.717, 1.165) is 11.7 Å². The summed E-state index contributed by atoms with van der Waals surface area (Å²) in [6.07, 6.45) is -0.293. The minimum absolute atomic E-state index is 0. The van der Waals surface area contributed by atoms with Gasteiger partial charge < -0.3 is 13.6 Å². The number of rotatable bonds is 7. The number of carbonyl (C=O) groups excluding carboxylic acids is 1. The molecule has 31 heavy (non-hydrogen) atoms. The zero-order chi connectivity index (χ0) is 21.9. The van der Waals surface area contributed by atoms with Crippen LogP contribution in [0.5, 0.6) is 5.75 Å². The number of nitrogens with one attached hydrogen (secondary N) is 1. The molecule has 174 valence electrons. The first-order valence-electron chi connectivity index (χ1n) is 8.92. The van der Waals surface area contributed by atoms with Crippen LogP contribution in [0.15, 0.2) is 23.0 Å². The van der Waals surface area contributed by atoms with Gasteiger partial charge in [-0.2, -0.15) is 31.7 Å². The molecule has 0 atom stereocenters. The largest absolute Gasteiger partial charge is 0.405 e. The van der Waals surface area contributed by atoms with E-state index in [9.17, 15) is 22.4 Å². The van der Waals surface area contributed by atoms with Crippen molar-refractivity contribution in [3.8, 4) is 5.75 Å². The fraction of sp³-hybridized carbons (Fsp3) is 0.562. The maximum atomic E-state index is 14.8. The number of aromatic nitrogens is 3. The van der Waals surface area contributed by atoms with Gasteiger partial charge in [-0.1, -0.05) is 5.16 Å². The van der Waals surface area contributed by atoms with Crippen molar-refractivity contribution in [1.82, 2.24) is 24.1 Å². The molecule has 1 aliphatic rings. The summed E-state index contributed by atoms with van der Waals surface area (Å²) in [6, 6.07) is -2.27. The molecule has 15 heteroatoms. The second-order valence-corrected chi connectivity index (χ2v) is 7.54. The Kier molecular flexibility index (Phi) is 8.48. The second kappa shape index (κ2) is 10.5. The number of anilines is 1. The van der Waals surface area contributed by atoms with Crippen molar-refractivity contribution in [2.75, 3.05) is 25.5 Å². The molecule has 0 bridgehead atoms. The number of hydrogen-bond donors (Lipinski definition) is 1. The topological polar surface area (TPSA) is 88.7 Å². The van der Waals surface area contributed by atoms with Crippen LogP contribution in [0, 0.1) is 5.92 Å². The fourth-order valence-corrected chi connectivity index (χ4v) is 3.57. The van der Waals surface area contributed by atoms with Crippen molar-refractivity contribution in [2.45, 2.75) is 25.3 Å². The first kappa shape index (κ1) is 25.1. The van der Waals surface area contributed by atoms with E-state index in [1.807, 2.05) is 0 Å². The Morgan fingerprint density at radius 2 is 2.10 bits per heavy atom. The Morgan fingerprint density at radius 1 is 1.42 bits per heavy atom. The molecule has 0 radical (unpaired) electrons. The minimum Gasteiger partial charge on any atom is -0.405 e. The fourth-order valence-electron chi connectivity index (χ4n) is 3.00. The summed E-state index contributed by atoms with van der Waals surface area (Å²) >= 11 is 0.270. The van der Waals surface area contributed by atoms with Crippen molar-refractivity contribution in [2.24, 2.45) is 13.0 Å². The summed E-state index contributed by atoms with van der Waals surface area (Å²) in [5, 5.41) is 9.64. The molecule has 0 aliphatic carbocycles. The predicted molar refractivity (Wildman–Crippen MR) is 109 cm³/mol. The van der Waals surface area contributed by atoms with Crippen molar-refractivity contribution in [3.63, 3.8) is 0 Å². The number of halogens is 4. The van der Waals surface area contributed by atoms with Crippen LogP contribution >= 0.6 is 25.7 Å². The van der Waals surface area contributed by atoms with Gasteiger partial charge in [0.1, 0.15) is 6.26 Å². The van der Waals surface area contributed by atoms with E-state index in [1.54, 1.807) is 0 Å². The quantitative estimate of drug-likeness (QED) is 0.275. The van der Waals surface area contributed by atoms with Gasteiger partial charge in [0.2, 0.25) is 0 Å². The van der Waals surface area contributed by atoms with Crippen LogP contribution in [0.25, 0.3) is 0 Å². The zero-order valence-electron chi connectivity index (χ0n) is 16.6. The summed E-state index contributed by atoms with van der Waals surface area (Å²) in [5.41, 5.74) is -0.617. The van der Waals surface area contributed by atoms with Crippen molar-refractivity contribution in [3.05, 3.63) is 24.2 Å². The first-order valence-corrected chi connectivity index (χ1v) is 9.62. The van der Waals surface area contributed by atoms with Crippen LogP contribution in [0.3, 0.4) is 0 Å². The summed E-state index contributed by atoms with van der Waals surface area (Å²) in [6.45, 7) is 0.253. The lowest BCUT2D eigenvalue weighted by Gasteiger charge is -2.38. The number of likely N-dealkylation sites (tertiary alicyclic amines) is 1. The summed E-state index contributed by atoms with van der Waals surface area (Å²) in [5.74, 6) is -1.09. The maximum absolute atomic E-state index is 14.8. The molecule has 2 amide bonds. The lowest BCUT2D eigenvalue weighted by Crippen LogP contribution is -2.49. The summed E-state index contributed by atoms with van der Waals surface area (Å²) in [4.78, 5) is 13.6. The number of urea groups is 1. The van der Waals surface area contributed by atoms with Crippen molar-refractivity contribution >= 4 is 37.6 Å². The number of amides is 2. The number of aryl methyl sites for hydroxylation is 1. The molecule has 1 saturated heterocycles. The number of hydrogen-bond acceptors (Lipinski definition) is 7. The van der Waals surface area contributed by atoms with Gasteiger partial charge in [0, 0.05) is 39.2 Å². The Morgan fingerprint density at radius 3 is 2.68 bits per heavy atom. The zero-order valence-corrected chi connectivity index (χ0v) is 18.4. The molecule has 1 aliphatic heterocycles. The average Bonchev–Trinajstić information content (AvgIpc) is 3.35. The van der Waals surface area contributed by atoms with Crippen LogP contribution in [-0.4, -0.2) is 56.4 Å². The van der Waals surface area contributed by atoms with Crippen molar-refractivity contribution < 1.29 is 31.1 Å². The standard InChI is InChI=1S/C16H20F4N6O3S.H2S/c1-24-9-11(13(22-24)14(17)18)29-30-25(2)16(19,20)10-3-6-26(7-4-10)15(27)21-12-5-8-28-23-12;/h5,8-10,14H,3-4,6-7H2,1-2H3,(H,21,23,27);1H2. The lowest BCUT2D eigenvalue weighted by atomic mass is 9.94. The minimum atomic E-state index is -3.29. The summed E-state index contributed by atoms with van der Waals surface area (Å²) in [7, 11) is 2.54. The molecule has 2 aromatic heterocycles. The lowest BCUT2D eigenvalue weighted by molar-refractivity contribution is -0.147. The van der Waals surface area contributed by atoms with E-state index >= 15 is 0 Å². The van der Waals surface area contributed by atoms with Gasteiger partial charge in [-0.05, 0) is 12.8 Å². The number of nitrogens with zero attached hydrogens (tertiary/aromatic N) is 5. The van der Waals surface area contributed by atoms with E-state index in [0.29, 0.717) is 4.31 Å².